The maximum absolute atomic E-state index is 9.76. The smallest absolute Gasteiger partial charge is 0.126 e. The van der Waals surface area contributed by atoms with Crippen molar-refractivity contribution in [3.05, 3.63) is 33.8 Å². The van der Waals surface area contributed by atoms with Crippen LogP contribution in [0.5, 0.6) is 5.75 Å². The predicted molar refractivity (Wildman–Crippen MR) is 91.6 cm³/mol. The summed E-state index contributed by atoms with van der Waals surface area (Å²) in [5.41, 5.74) is 2.21. The van der Waals surface area contributed by atoms with Crippen LogP contribution in [0.1, 0.15) is 51.0 Å². The molecule has 0 heterocycles. The van der Waals surface area contributed by atoms with Gasteiger partial charge in [0.05, 0.1) is 13.2 Å². The fourth-order valence-electron chi connectivity index (χ4n) is 2.94. The Morgan fingerprint density at radius 2 is 2.10 bits per heavy atom. The van der Waals surface area contributed by atoms with E-state index < -0.39 is 0 Å². The molecule has 0 atom stereocenters. The first-order valence-corrected chi connectivity index (χ1v) is 8.77. The van der Waals surface area contributed by atoms with Crippen LogP contribution in [0, 0.1) is 5.92 Å². The normalized spacial score (nSPS) is 17.0. The van der Waals surface area contributed by atoms with Gasteiger partial charge in [-0.25, -0.2) is 0 Å². The van der Waals surface area contributed by atoms with Crippen LogP contribution in [0.2, 0.25) is 0 Å². The number of hydrogen-bond donors (Lipinski definition) is 1. The van der Waals surface area contributed by atoms with Crippen molar-refractivity contribution >= 4 is 22.0 Å². The van der Waals surface area contributed by atoms with Crippen molar-refractivity contribution in [2.75, 3.05) is 13.2 Å². The zero-order valence-electron chi connectivity index (χ0n) is 12.8. The molecule has 1 aromatic carbocycles. The van der Waals surface area contributed by atoms with Gasteiger partial charge in [0.1, 0.15) is 5.75 Å². The van der Waals surface area contributed by atoms with Gasteiger partial charge >= 0.3 is 0 Å². The molecule has 0 aliphatic heterocycles. The minimum Gasteiger partial charge on any atom is -0.493 e. The maximum Gasteiger partial charge on any atom is 0.126 e. The van der Waals surface area contributed by atoms with Crippen molar-refractivity contribution in [1.82, 2.24) is 0 Å². The molecular formula is C18H25BrO2. The van der Waals surface area contributed by atoms with Gasteiger partial charge in [0, 0.05) is 10.0 Å². The molecule has 0 unspecified atom stereocenters. The Morgan fingerprint density at radius 3 is 2.76 bits per heavy atom. The number of ether oxygens (including phenoxy) is 1. The van der Waals surface area contributed by atoms with E-state index in [1.165, 1.54) is 32.1 Å². The second-order valence-corrected chi connectivity index (χ2v) is 6.66. The molecule has 0 amide bonds. The molecule has 0 spiro atoms. The molecular weight excluding hydrogens is 328 g/mol. The molecule has 2 rings (SSSR count). The zero-order chi connectivity index (χ0) is 15.1. The molecule has 1 saturated carbocycles. The quantitative estimate of drug-likeness (QED) is 0.762. The van der Waals surface area contributed by atoms with Gasteiger partial charge in [-0.3, -0.25) is 0 Å². The van der Waals surface area contributed by atoms with Gasteiger partial charge in [-0.15, -0.1) is 0 Å². The van der Waals surface area contributed by atoms with E-state index in [9.17, 15) is 5.11 Å². The monoisotopic (exact) mass is 352 g/mol. The molecule has 116 valence electrons. The van der Waals surface area contributed by atoms with Crippen molar-refractivity contribution in [2.45, 2.75) is 45.4 Å². The molecule has 0 saturated heterocycles. The number of benzene rings is 1. The molecule has 1 aliphatic rings. The van der Waals surface area contributed by atoms with Gasteiger partial charge in [-0.05, 0) is 55.0 Å². The maximum atomic E-state index is 9.76. The van der Waals surface area contributed by atoms with Crippen LogP contribution in [0.4, 0.5) is 0 Å². The lowest BCUT2D eigenvalue weighted by molar-refractivity contribution is 0.294. The van der Waals surface area contributed by atoms with E-state index in [-0.39, 0.29) is 6.61 Å². The SMILES string of the molecule is CCCOc1ccc(Br)cc1/C=C(/CO)C1CCCCC1. The van der Waals surface area contributed by atoms with Crippen molar-refractivity contribution < 1.29 is 9.84 Å². The molecule has 1 N–H and O–H groups in total. The van der Waals surface area contributed by atoms with Crippen LogP contribution in [0.3, 0.4) is 0 Å². The molecule has 2 nitrogen and oxygen atoms in total. The van der Waals surface area contributed by atoms with Crippen molar-refractivity contribution in [1.29, 1.82) is 0 Å². The molecule has 1 fully saturated rings. The Kier molecular flexibility index (Phi) is 6.78. The number of aliphatic hydroxyl groups is 1. The minimum absolute atomic E-state index is 0.143. The summed E-state index contributed by atoms with van der Waals surface area (Å²) in [5, 5.41) is 9.76. The molecule has 1 aromatic rings. The minimum atomic E-state index is 0.143. The molecule has 1 aliphatic carbocycles. The Bertz CT molecular complexity index is 476. The highest BCUT2D eigenvalue weighted by atomic mass is 79.9. The van der Waals surface area contributed by atoms with Crippen LogP contribution in [-0.2, 0) is 0 Å². The summed E-state index contributed by atoms with van der Waals surface area (Å²) in [4.78, 5) is 0. The van der Waals surface area contributed by atoms with Crippen LogP contribution < -0.4 is 4.74 Å². The predicted octanol–water partition coefficient (Wildman–Crippen LogP) is 5.19. The van der Waals surface area contributed by atoms with Crippen molar-refractivity contribution in [3.63, 3.8) is 0 Å². The largest absolute Gasteiger partial charge is 0.493 e. The average Bonchev–Trinajstić information content (AvgIpc) is 2.52. The summed E-state index contributed by atoms with van der Waals surface area (Å²) in [7, 11) is 0. The van der Waals surface area contributed by atoms with Crippen molar-refractivity contribution in [3.8, 4) is 5.75 Å². The van der Waals surface area contributed by atoms with Crippen LogP contribution in [0.25, 0.3) is 6.08 Å². The third-order valence-corrected chi connectivity index (χ3v) is 4.58. The van der Waals surface area contributed by atoms with E-state index in [0.29, 0.717) is 5.92 Å². The van der Waals surface area contributed by atoms with E-state index in [1.807, 2.05) is 12.1 Å². The lowest BCUT2D eigenvalue weighted by Crippen LogP contribution is -2.11. The fourth-order valence-corrected chi connectivity index (χ4v) is 3.32. The van der Waals surface area contributed by atoms with E-state index in [2.05, 4.69) is 35.0 Å². The highest BCUT2D eigenvalue weighted by Gasteiger charge is 2.17. The average molecular weight is 353 g/mol. The number of aliphatic hydroxyl groups excluding tert-OH is 1. The lowest BCUT2D eigenvalue weighted by Gasteiger charge is -2.24. The van der Waals surface area contributed by atoms with Gasteiger partial charge in [-0.1, -0.05) is 42.1 Å². The molecule has 0 radical (unpaired) electrons. The zero-order valence-corrected chi connectivity index (χ0v) is 14.4. The second-order valence-electron chi connectivity index (χ2n) is 5.74. The first-order chi connectivity index (χ1) is 10.2. The molecule has 0 aromatic heterocycles. The topological polar surface area (TPSA) is 29.5 Å². The van der Waals surface area contributed by atoms with Crippen LogP contribution in [-0.4, -0.2) is 18.3 Å². The summed E-state index contributed by atoms with van der Waals surface area (Å²) in [6.45, 7) is 2.97. The van der Waals surface area contributed by atoms with Gasteiger partial charge in [-0.2, -0.15) is 0 Å². The second kappa shape index (κ2) is 8.60. The number of rotatable bonds is 6. The molecule has 3 heteroatoms. The Hall–Kier alpha value is -0.800. The highest BCUT2D eigenvalue weighted by molar-refractivity contribution is 9.10. The Morgan fingerprint density at radius 1 is 1.33 bits per heavy atom. The summed E-state index contributed by atoms with van der Waals surface area (Å²) < 4.78 is 6.87. The summed E-state index contributed by atoms with van der Waals surface area (Å²) in [6, 6.07) is 6.08. The first-order valence-electron chi connectivity index (χ1n) is 7.98. The van der Waals surface area contributed by atoms with E-state index in [0.717, 1.165) is 34.4 Å². The van der Waals surface area contributed by atoms with Gasteiger partial charge in [0.15, 0.2) is 0 Å². The van der Waals surface area contributed by atoms with E-state index >= 15 is 0 Å². The third kappa shape index (κ3) is 4.86. The fraction of sp³-hybridized carbons (Fsp3) is 0.556. The summed E-state index contributed by atoms with van der Waals surface area (Å²) >= 11 is 3.53. The third-order valence-electron chi connectivity index (χ3n) is 4.09. The van der Waals surface area contributed by atoms with Crippen LogP contribution >= 0.6 is 15.9 Å². The lowest BCUT2D eigenvalue weighted by atomic mass is 9.83. The molecule has 21 heavy (non-hydrogen) atoms. The van der Waals surface area contributed by atoms with Crippen molar-refractivity contribution in [2.24, 2.45) is 5.92 Å². The number of halogens is 1. The van der Waals surface area contributed by atoms with E-state index in [4.69, 9.17) is 4.74 Å². The first kappa shape index (κ1) is 16.6. The van der Waals surface area contributed by atoms with E-state index in [1.54, 1.807) is 0 Å². The number of hydrogen-bond acceptors (Lipinski definition) is 2. The Balaban J connectivity index is 2.24. The van der Waals surface area contributed by atoms with Crippen LogP contribution in [0.15, 0.2) is 28.2 Å². The highest BCUT2D eigenvalue weighted by Crippen LogP contribution is 2.33. The molecule has 0 bridgehead atoms. The van der Waals surface area contributed by atoms with Gasteiger partial charge in [0.25, 0.3) is 0 Å². The summed E-state index contributed by atoms with van der Waals surface area (Å²) in [5.74, 6) is 1.43. The summed E-state index contributed by atoms with van der Waals surface area (Å²) in [6.07, 6.45) is 9.41. The Labute approximate surface area is 136 Å². The standard InChI is InChI=1S/C18H25BrO2/c1-2-10-21-18-9-8-17(19)12-15(18)11-16(13-20)14-6-4-3-5-7-14/h8-9,11-12,14,20H,2-7,10,13H2,1H3/b16-11-. The van der Waals surface area contributed by atoms with Gasteiger partial charge in [0.2, 0.25) is 0 Å². The van der Waals surface area contributed by atoms with Gasteiger partial charge < -0.3 is 9.84 Å².